The first kappa shape index (κ1) is 23.3. The van der Waals surface area contributed by atoms with Crippen molar-refractivity contribution in [1.82, 2.24) is 20.4 Å². The highest BCUT2D eigenvalue weighted by Crippen LogP contribution is 2.12. The van der Waals surface area contributed by atoms with Gasteiger partial charge in [0.25, 0.3) is 0 Å². The number of nitrogens with zero attached hydrogens (tertiary/aromatic N) is 3. The maximum absolute atomic E-state index is 5.27. The van der Waals surface area contributed by atoms with Crippen molar-refractivity contribution in [3.63, 3.8) is 0 Å². The normalized spacial score (nSPS) is 11.0. The fourth-order valence-electron chi connectivity index (χ4n) is 2.81. The van der Waals surface area contributed by atoms with Crippen LogP contribution in [0.15, 0.2) is 35.3 Å². The van der Waals surface area contributed by atoms with Crippen molar-refractivity contribution in [2.24, 2.45) is 4.99 Å². The molecule has 27 heavy (non-hydrogen) atoms. The zero-order valence-corrected chi connectivity index (χ0v) is 19.1. The van der Waals surface area contributed by atoms with Crippen molar-refractivity contribution in [3.8, 4) is 5.75 Å². The number of hydrogen-bond acceptors (Lipinski definition) is 3. The second-order valence-electron chi connectivity index (χ2n) is 6.29. The lowest BCUT2D eigenvalue weighted by atomic mass is 10.1. The van der Waals surface area contributed by atoms with Crippen LogP contribution in [0, 0.1) is 13.8 Å². The van der Waals surface area contributed by atoms with Crippen molar-refractivity contribution < 1.29 is 4.74 Å². The minimum Gasteiger partial charge on any atom is -0.497 e. The van der Waals surface area contributed by atoms with E-state index in [2.05, 4.69) is 52.8 Å². The molecule has 1 heterocycles. The number of guanidine groups is 1. The van der Waals surface area contributed by atoms with Gasteiger partial charge in [0.05, 0.1) is 12.8 Å². The van der Waals surface area contributed by atoms with E-state index in [1.165, 1.54) is 11.3 Å². The van der Waals surface area contributed by atoms with Gasteiger partial charge in [-0.2, -0.15) is 5.10 Å². The van der Waals surface area contributed by atoms with Crippen LogP contribution in [0.3, 0.4) is 0 Å². The molecule has 0 amide bonds. The average Bonchev–Trinajstić information content (AvgIpc) is 2.96. The largest absolute Gasteiger partial charge is 0.497 e. The van der Waals surface area contributed by atoms with Gasteiger partial charge in [0, 0.05) is 31.9 Å². The second kappa shape index (κ2) is 12.6. The average molecular weight is 485 g/mol. The van der Waals surface area contributed by atoms with Crippen LogP contribution in [0.2, 0.25) is 0 Å². The number of methoxy groups -OCH3 is 1. The monoisotopic (exact) mass is 485 g/mol. The summed E-state index contributed by atoms with van der Waals surface area (Å²) in [5, 5.41) is 11.2. The summed E-state index contributed by atoms with van der Waals surface area (Å²) in [6, 6.07) is 10.3. The first-order chi connectivity index (χ1) is 12.6. The molecule has 2 N–H and O–H groups in total. The molecule has 1 aromatic heterocycles. The Balaban J connectivity index is 0.00000364. The Morgan fingerprint density at radius 1 is 1.22 bits per heavy atom. The van der Waals surface area contributed by atoms with Crippen molar-refractivity contribution in [2.45, 2.75) is 40.2 Å². The van der Waals surface area contributed by atoms with E-state index in [0.29, 0.717) is 0 Å². The second-order valence-corrected chi connectivity index (χ2v) is 6.29. The van der Waals surface area contributed by atoms with Crippen molar-refractivity contribution in [3.05, 3.63) is 47.3 Å². The Morgan fingerprint density at radius 3 is 2.70 bits per heavy atom. The quantitative estimate of drug-likeness (QED) is 0.248. The highest BCUT2D eigenvalue weighted by molar-refractivity contribution is 14.0. The number of hydrogen-bond donors (Lipinski definition) is 2. The number of rotatable bonds is 9. The highest BCUT2D eigenvalue weighted by Gasteiger charge is 2.01. The Morgan fingerprint density at radius 2 is 2.04 bits per heavy atom. The molecule has 0 spiro atoms. The Hall–Kier alpha value is -1.77. The summed E-state index contributed by atoms with van der Waals surface area (Å²) in [7, 11) is 1.69. The SMILES string of the molecule is CCNC(=NCCCn1nc(C)cc1C)NCCc1cccc(OC)c1.I. The fourth-order valence-corrected chi connectivity index (χ4v) is 2.81. The molecule has 0 fully saturated rings. The number of halogens is 1. The van der Waals surface area contributed by atoms with Gasteiger partial charge in [0.1, 0.15) is 5.75 Å². The van der Waals surface area contributed by atoms with E-state index in [9.17, 15) is 0 Å². The molecule has 0 unspecified atom stereocenters. The van der Waals surface area contributed by atoms with Crippen LogP contribution in [0.1, 0.15) is 30.3 Å². The summed E-state index contributed by atoms with van der Waals surface area (Å²) in [6.07, 6.45) is 1.89. The van der Waals surface area contributed by atoms with Crippen molar-refractivity contribution in [2.75, 3.05) is 26.7 Å². The molecule has 2 aromatic rings. The van der Waals surface area contributed by atoms with E-state index in [1.54, 1.807) is 7.11 Å². The molecule has 0 aliphatic rings. The molecule has 0 atom stereocenters. The molecule has 2 rings (SSSR count). The molecular formula is C20H32IN5O. The molecule has 0 radical (unpaired) electrons. The van der Waals surface area contributed by atoms with E-state index in [0.717, 1.165) is 56.4 Å². The van der Waals surface area contributed by atoms with Crippen LogP contribution in [0.5, 0.6) is 5.75 Å². The molecule has 6 nitrogen and oxygen atoms in total. The first-order valence-electron chi connectivity index (χ1n) is 9.28. The molecule has 0 aliphatic carbocycles. The van der Waals surface area contributed by atoms with Gasteiger partial charge in [-0.15, -0.1) is 24.0 Å². The van der Waals surface area contributed by atoms with Gasteiger partial charge in [-0.3, -0.25) is 9.67 Å². The topological polar surface area (TPSA) is 63.5 Å². The van der Waals surface area contributed by atoms with Gasteiger partial charge >= 0.3 is 0 Å². The number of ether oxygens (including phenoxy) is 1. The maximum Gasteiger partial charge on any atom is 0.191 e. The molecular weight excluding hydrogens is 453 g/mol. The lowest BCUT2D eigenvalue weighted by molar-refractivity contribution is 0.414. The zero-order valence-electron chi connectivity index (χ0n) is 16.8. The van der Waals surface area contributed by atoms with Gasteiger partial charge in [0.2, 0.25) is 0 Å². The van der Waals surface area contributed by atoms with Crippen LogP contribution in [0.4, 0.5) is 0 Å². The molecule has 1 aromatic carbocycles. The highest BCUT2D eigenvalue weighted by atomic mass is 127. The molecule has 0 saturated heterocycles. The van der Waals surface area contributed by atoms with Gasteiger partial charge < -0.3 is 15.4 Å². The molecule has 0 bridgehead atoms. The van der Waals surface area contributed by atoms with Crippen LogP contribution < -0.4 is 15.4 Å². The third kappa shape index (κ3) is 8.19. The van der Waals surface area contributed by atoms with Crippen LogP contribution in [-0.4, -0.2) is 42.5 Å². The van der Waals surface area contributed by atoms with Crippen LogP contribution >= 0.6 is 24.0 Å². The van der Waals surface area contributed by atoms with Gasteiger partial charge in [-0.25, -0.2) is 0 Å². The van der Waals surface area contributed by atoms with E-state index in [4.69, 9.17) is 4.74 Å². The van der Waals surface area contributed by atoms with Crippen LogP contribution in [0.25, 0.3) is 0 Å². The van der Waals surface area contributed by atoms with Crippen molar-refractivity contribution in [1.29, 1.82) is 0 Å². The Labute approximate surface area is 179 Å². The molecule has 0 saturated carbocycles. The lowest BCUT2D eigenvalue weighted by Crippen LogP contribution is -2.38. The molecule has 0 aliphatic heterocycles. The smallest absolute Gasteiger partial charge is 0.191 e. The summed E-state index contributed by atoms with van der Waals surface area (Å²) >= 11 is 0. The third-order valence-corrected chi connectivity index (χ3v) is 4.09. The summed E-state index contributed by atoms with van der Waals surface area (Å²) < 4.78 is 7.32. The fraction of sp³-hybridized carbons (Fsp3) is 0.500. The summed E-state index contributed by atoms with van der Waals surface area (Å²) in [5.74, 6) is 1.76. The molecule has 7 heteroatoms. The van der Waals surface area contributed by atoms with Crippen LogP contribution in [-0.2, 0) is 13.0 Å². The van der Waals surface area contributed by atoms with Gasteiger partial charge in [0.15, 0.2) is 5.96 Å². The number of aromatic nitrogens is 2. The minimum atomic E-state index is 0. The number of aryl methyl sites for hydroxylation is 3. The van der Waals surface area contributed by atoms with E-state index in [-0.39, 0.29) is 24.0 Å². The summed E-state index contributed by atoms with van der Waals surface area (Å²) in [5.41, 5.74) is 3.52. The zero-order chi connectivity index (χ0) is 18.8. The maximum atomic E-state index is 5.27. The Kier molecular flexibility index (Phi) is 10.8. The standard InChI is InChI=1S/C20H31N5O.HI/c1-5-21-20(22-11-7-13-25-17(3)14-16(2)24-25)23-12-10-18-8-6-9-19(15-18)26-4;/h6,8-9,14-15H,5,7,10-13H2,1-4H3,(H2,21,22,23);1H. The number of benzene rings is 1. The number of nitrogens with one attached hydrogen (secondary N) is 2. The van der Waals surface area contributed by atoms with Crippen molar-refractivity contribution >= 4 is 29.9 Å². The summed E-state index contributed by atoms with van der Waals surface area (Å²) in [6.45, 7) is 9.54. The number of aliphatic imine (C=N–C) groups is 1. The van der Waals surface area contributed by atoms with E-state index >= 15 is 0 Å². The van der Waals surface area contributed by atoms with Gasteiger partial charge in [-0.05, 0) is 57.4 Å². The third-order valence-electron chi connectivity index (χ3n) is 4.09. The lowest BCUT2D eigenvalue weighted by Gasteiger charge is -2.12. The Bertz CT molecular complexity index is 714. The summed E-state index contributed by atoms with van der Waals surface area (Å²) in [4.78, 5) is 4.66. The minimum absolute atomic E-state index is 0. The van der Waals surface area contributed by atoms with Gasteiger partial charge in [-0.1, -0.05) is 12.1 Å². The molecule has 150 valence electrons. The predicted octanol–water partition coefficient (Wildman–Crippen LogP) is 3.31. The first-order valence-corrected chi connectivity index (χ1v) is 9.28. The predicted molar refractivity (Wildman–Crippen MR) is 122 cm³/mol. The van der Waals surface area contributed by atoms with E-state index < -0.39 is 0 Å². The van der Waals surface area contributed by atoms with E-state index in [1.807, 2.05) is 23.7 Å².